The van der Waals surface area contributed by atoms with Crippen LogP contribution in [-0.4, -0.2) is 6.61 Å². The molecular formula is C9H13BrN2O. The first-order valence-corrected chi connectivity index (χ1v) is 4.92. The number of hydrogen-bond donors (Lipinski definition) is 2. The van der Waals surface area contributed by atoms with Gasteiger partial charge in [0.05, 0.1) is 6.61 Å². The predicted molar refractivity (Wildman–Crippen MR) is 56.3 cm³/mol. The molecule has 4 heteroatoms. The van der Waals surface area contributed by atoms with Crippen LogP contribution in [0.2, 0.25) is 0 Å². The molecule has 0 aliphatic heterocycles. The van der Waals surface area contributed by atoms with Crippen LogP contribution in [0.25, 0.3) is 0 Å². The molecule has 0 atom stereocenters. The van der Waals surface area contributed by atoms with Crippen LogP contribution < -0.4 is 16.0 Å². The lowest BCUT2D eigenvalue weighted by Gasteiger charge is -2.09. The molecule has 0 heterocycles. The number of hydrogen-bond acceptors (Lipinski definition) is 3. The second kappa shape index (κ2) is 5.21. The van der Waals surface area contributed by atoms with E-state index in [0.717, 1.165) is 15.8 Å². The van der Waals surface area contributed by atoms with Gasteiger partial charge in [-0.05, 0) is 25.1 Å². The first-order chi connectivity index (χ1) is 6.27. The van der Waals surface area contributed by atoms with E-state index in [2.05, 4.69) is 21.4 Å². The summed E-state index contributed by atoms with van der Waals surface area (Å²) in [6.45, 7) is 3.23. The van der Waals surface area contributed by atoms with Crippen molar-refractivity contribution in [3.63, 3.8) is 0 Å². The minimum atomic E-state index is 0.606. The lowest BCUT2D eigenvalue weighted by atomic mass is 10.2. The standard InChI is InChI=1S/C9H13BrN2O/c1-2-13-9-4-3-8(10)5-7(9)6-12-11/h3-5,12H,2,6,11H2,1H3. The van der Waals surface area contributed by atoms with Crippen LogP contribution in [0.3, 0.4) is 0 Å². The Balaban J connectivity index is 2.89. The Morgan fingerprint density at radius 2 is 2.31 bits per heavy atom. The number of nitrogens with two attached hydrogens (primary N) is 1. The number of rotatable bonds is 4. The Morgan fingerprint density at radius 3 is 2.92 bits per heavy atom. The maximum atomic E-state index is 5.43. The van der Waals surface area contributed by atoms with Gasteiger partial charge in [0.15, 0.2) is 0 Å². The second-order valence-electron chi connectivity index (χ2n) is 2.57. The molecule has 0 fully saturated rings. The summed E-state index contributed by atoms with van der Waals surface area (Å²) in [5.41, 5.74) is 3.66. The molecule has 0 radical (unpaired) electrons. The van der Waals surface area contributed by atoms with Crippen LogP contribution >= 0.6 is 15.9 Å². The lowest BCUT2D eigenvalue weighted by molar-refractivity contribution is 0.335. The molecule has 3 N–H and O–H groups in total. The maximum Gasteiger partial charge on any atom is 0.123 e. The highest BCUT2D eigenvalue weighted by Gasteiger charge is 2.02. The molecule has 0 spiro atoms. The summed E-state index contributed by atoms with van der Waals surface area (Å²) in [4.78, 5) is 0. The molecule has 0 unspecified atom stereocenters. The minimum absolute atomic E-state index is 0.606. The van der Waals surface area contributed by atoms with E-state index in [0.29, 0.717) is 13.2 Å². The number of halogens is 1. The van der Waals surface area contributed by atoms with Gasteiger partial charge in [0.2, 0.25) is 0 Å². The third kappa shape index (κ3) is 2.99. The molecule has 1 aromatic carbocycles. The minimum Gasteiger partial charge on any atom is -0.494 e. The zero-order valence-electron chi connectivity index (χ0n) is 7.51. The molecule has 1 aromatic rings. The number of nitrogens with one attached hydrogen (secondary N) is 1. The average molecular weight is 245 g/mol. The van der Waals surface area contributed by atoms with Crippen molar-refractivity contribution in [2.75, 3.05) is 6.61 Å². The summed E-state index contributed by atoms with van der Waals surface area (Å²) in [7, 11) is 0. The molecule has 0 aromatic heterocycles. The Labute approximate surface area is 86.4 Å². The molecule has 1 rings (SSSR count). The Kier molecular flexibility index (Phi) is 4.21. The van der Waals surface area contributed by atoms with Gasteiger partial charge in [-0.15, -0.1) is 0 Å². The molecule has 0 bridgehead atoms. The maximum absolute atomic E-state index is 5.43. The summed E-state index contributed by atoms with van der Waals surface area (Å²) >= 11 is 3.39. The van der Waals surface area contributed by atoms with Gasteiger partial charge >= 0.3 is 0 Å². The molecule has 0 aliphatic rings. The van der Waals surface area contributed by atoms with Crippen molar-refractivity contribution in [2.45, 2.75) is 13.5 Å². The topological polar surface area (TPSA) is 47.3 Å². The van der Waals surface area contributed by atoms with Crippen LogP contribution in [-0.2, 0) is 6.54 Å². The smallest absolute Gasteiger partial charge is 0.123 e. The van der Waals surface area contributed by atoms with Crippen LogP contribution in [0.5, 0.6) is 5.75 Å². The highest BCUT2D eigenvalue weighted by Crippen LogP contribution is 2.22. The molecular weight excluding hydrogens is 232 g/mol. The number of benzene rings is 1. The Morgan fingerprint density at radius 1 is 1.54 bits per heavy atom. The normalized spacial score (nSPS) is 10.1. The van der Waals surface area contributed by atoms with Crippen molar-refractivity contribution in [3.05, 3.63) is 28.2 Å². The van der Waals surface area contributed by atoms with Crippen LogP contribution in [0.1, 0.15) is 12.5 Å². The largest absolute Gasteiger partial charge is 0.494 e. The SMILES string of the molecule is CCOc1ccc(Br)cc1CNN. The molecule has 0 aliphatic carbocycles. The van der Waals surface area contributed by atoms with E-state index in [1.807, 2.05) is 25.1 Å². The van der Waals surface area contributed by atoms with Crippen LogP contribution in [0.15, 0.2) is 22.7 Å². The van der Waals surface area contributed by atoms with Gasteiger partial charge in [0.1, 0.15) is 5.75 Å². The molecule has 0 saturated carbocycles. The molecule has 0 saturated heterocycles. The number of ether oxygens (including phenoxy) is 1. The predicted octanol–water partition coefficient (Wildman–Crippen LogP) is 1.81. The van der Waals surface area contributed by atoms with Gasteiger partial charge in [-0.25, -0.2) is 0 Å². The van der Waals surface area contributed by atoms with E-state index in [-0.39, 0.29) is 0 Å². The van der Waals surface area contributed by atoms with Crippen molar-refractivity contribution in [1.82, 2.24) is 5.43 Å². The third-order valence-corrected chi connectivity index (χ3v) is 2.11. The zero-order valence-corrected chi connectivity index (χ0v) is 9.10. The zero-order chi connectivity index (χ0) is 9.68. The van der Waals surface area contributed by atoms with Crippen molar-refractivity contribution >= 4 is 15.9 Å². The van der Waals surface area contributed by atoms with Crippen molar-refractivity contribution < 1.29 is 4.74 Å². The first kappa shape index (κ1) is 10.5. The summed E-state index contributed by atoms with van der Waals surface area (Å²) in [6, 6.07) is 5.87. The van der Waals surface area contributed by atoms with E-state index in [9.17, 15) is 0 Å². The molecule has 72 valence electrons. The monoisotopic (exact) mass is 244 g/mol. The van der Waals surface area contributed by atoms with Gasteiger partial charge in [-0.2, -0.15) is 0 Å². The molecule has 0 amide bonds. The summed E-state index contributed by atoms with van der Waals surface area (Å²) in [5, 5.41) is 0. The van der Waals surface area contributed by atoms with Crippen molar-refractivity contribution in [1.29, 1.82) is 0 Å². The van der Waals surface area contributed by atoms with Crippen LogP contribution in [0, 0.1) is 0 Å². The highest BCUT2D eigenvalue weighted by atomic mass is 79.9. The highest BCUT2D eigenvalue weighted by molar-refractivity contribution is 9.10. The van der Waals surface area contributed by atoms with E-state index >= 15 is 0 Å². The van der Waals surface area contributed by atoms with E-state index < -0.39 is 0 Å². The Bertz CT molecular complexity index is 278. The van der Waals surface area contributed by atoms with Gasteiger partial charge in [0.25, 0.3) is 0 Å². The molecule has 13 heavy (non-hydrogen) atoms. The Hall–Kier alpha value is -0.580. The van der Waals surface area contributed by atoms with Gasteiger partial charge in [-0.3, -0.25) is 11.3 Å². The van der Waals surface area contributed by atoms with Crippen molar-refractivity contribution in [2.24, 2.45) is 5.84 Å². The number of hydrazine groups is 1. The fourth-order valence-electron chi connectivity index (χ4n) is 1.09. The summed E-state index contributed by atoms with van der Waals surface area (Å²) in [5.74, 6) is 6.13. The lowest BCUT2D eigenvalue weighted by Crippen LogP contribution is -2.21. The fraction of sp³-hybridized carbons (Fsp3) is 0.333. The van der Waals surface area contributed by atoms with E-state index in [4.69, 9.17) is 10.6 Å². The van der Waals surface area contributed by atoms with E-state index in [1.165, 1.54) is 0 Å². The van der Waals surface area contributed by atoms with Crippen LogP contribution in [0.4, 0.5) is 0 Å². The van der Waals surface area contributed by atoms with Gasteiger partial charge in [0, 0.05) is 16.6 Å². The first-order valence-electron chi connectivity index (χ1n) is 4.12. The van der Waals surface area contributed by atoms with Gasteiger partial charge < -0.3 is 4.74 Å². The van der Waals surface area contributed by atoms with E-state index in [1.54, 1.807) is 0 Å². The summed E-state index contributed by atoms with van der Waals surface area (Å²) < 4.78 is 6.46. The quantitative estimate of drug-likeness (QED) is 0.628. The molecule has 3 nitrogen and oxygen atoms in total. The fourth-order valence-corrected chi connectivity index (χ4v) is 1.50. The second-order valence-corrected chi connectivity index (χ2v) is 3.48. The average Bonchev–Trinajstić information content (AvgIpc) is 2.10. The van der Waals surface area contributed by atoms with Gasteiger partial charge in [-0.1, -0.05) is 15.9 Å². The third-order valence-electron chi connectivity index (χ3n) is 1.61. The summed E-state index contributed by atoms with van der Waals surface area (Å²) in [6.07, 6.45) is 0. The van der Waals surface area contributed by atoms with Crippen molar-refractivity contribution in [3.8, 4) is 5.75 Å².